The molecule has 5 nitrogen and oxygen atoms in total. The Hall–Kier alpha value is -2.25. The van der Waals surface area contributed by atoms with Gasteiger partial charge >= 0.3 is 18.1 Å². The monoisotopic (exact) mass is 333 g/mol. The highest BCUT2D eigenvalue weighted by molar-refractivity contribution is 5.81. The summed E-state index contributed by atoms with van der Waals surface area (Å²) in [6.07, 6.45) is -4.83. The number of aliphatic carboxylic acids is 1. The number of carboxylic acids is 1. The summed E-state index contributed by atoms with van der Waals surface area (Å²) in [5.41, 5.74) is 1.44. The topological polar surface area (TPSA) is 75.6 Å². The van der Waals surface area contributed by atoms with Crippen LogP contribution < -0.4 is 10.1 Å². The number of alkyl halides is 3. The Morgan fingerprint density at radius 1 is 1.30 bits per heavy atom. The quantitative estimate of drug-likeness (QED) is 0.804. The van der Waals surface area contributed by atoms with Crippen molar-refractivity contribution in [1.82, 2.24) is 5.32 Å². The molecule has 1 rings (SSSR count). The predicted molar refractivity (Wildman–Crippen MR) is 76.4 cm³/mol. The molecule has 0 atom stereocenters. The molecule has 0 spiro atoms. The normalized spacial score (nSPS) is 11.4. The van der Waals surface area contributed by atoms with Crippen molar-refractivity contribution in [2.45, 2.75) is 32.4 Å². The summed E-state index contributed by atoms with van der Waals surface area (Å²) in [4.78, 5) is 21.4. The number of hydrogen-bond acceptors (Lipinski definition) is 3. The third kappa shape index (κ3) is 6.17. The van der Waals surface area contributed by atoms with Gasteiger partial charge < -0.3 is 15.2 Å². The van der Waals surface area contributed by atoms with Gasteiger partial charge in [-0.2, -0.15) is 13.2 Å². The standard InChI is InChI=1S/C15H18F3NO4/c1-9(2)11-4-3-10(12(7-11)23-8-13(20)21)5-6-19-14(22)15(16,17)18/h3-4,7,9H,5-6,8H2,1-2H3,(H,19,22)(H,20,21). The second-order valence-electron chi connectivity index (χ2n) is 5.21. The van der Waals surface area contributed by atoms with Crippen molar-refractivity contribution < 1.29 is 32.6 Å². The first-order valence-electron chi connectivity index (χ1n) is 6.93. The van der Waals surface area contributed by atoms with Crippen LogP contribution in [0.15, 0.2) is 18.2 Å². The highest BCUT2D eigenvalue weighted by atomic mass is 19.4. The SMILES string of the molecule is CC(C)c1ccc(CCNC(=O)C(F)(F)F)c(OCC(=O)O)c1. The molecular formula is C15H18F3NO4. The summed E-state index contributed by atoms with van der Waals surface area (Å²) in [6, 6.07) is 5.11. The minimum Gasteiger partial charge on any atom is -0.482 e. The average Bonchev–Trinajstić information content (AvgIpc) is 2.44. The molecule has 23 heavy (non-hydrogen) atoms. The van der Waals surface area contributed by atoms with Gasteiger partial charge in [-0.05, 0) is 29.5 Å². The molecule has 1 aromatic carbocycles. The second kappa shape index (κ2) is 7.85. The molecule has 0 heterocycles. The summed E-state index contributed by atoms with van der Waals surface area (Å²) >= 11 is 0. The van der Waals surface area contributed by atoms with E-state index >= 15 is 0 Å². The lowest BCUT2D eigenvalue weighted by Crippen LogP contribution is -2.37. The molecule has 0 aliphatic rings. The molecule has 0 aliphatic heterocycles. The number of rotatable bonds is 7. The first kappa shape index (κ1) is 18.8. The Balaban J connectivity index is 2.79. The van der Waals surface area contributed by atoms with E-state index in [1.54, 1.807) is 23.5 Å². The van der Waals surface area contributed by atoms with Crippen LogP contribution in [0.5, 0.6) is 5.75 Å². The smallest absolute Gasteiger partial charge is 0.471 e. The van der Waals surface area contributed by atoms with Crippen LogP contribution in [0.1, 0.15) is 30.9 Å². The molecule has 2 N–H and O–H groups in total. The molecule has 0 unspecified atom stereocenters. The summed E-state index contributed by atoms with van der Waals surface area (Å²) in [5.74, 6) is -2.69. The van der Waals surface area contributed by atoms with E-state index in [1.807, 2.05) is 13.8 Å². The van der Waals surface area contributed by atoms with Gasteiger partial charge in [0.2, 0.25) is 0 Å². The number of carbonyl (C=O) groups is 2. The summed E-state index contributed by atoms with van der Waals surface area (Å²) in [5, 5.41) is 10.4. The molecule has 0 fully saturated rings. The van der Waals surface area contributed by atoms with Crippen LogP contribution in [-0.2, 0) is 16.0 Å². The van der Waals surface area contributed by atoms with Crippen LogP contribution in [0, 0.1) is 0 Å². The molecule has 1 aromatic rings. The molecule has 0 bridgehead atoms. The van der Waals surface area contributed by atoms with Crippen LogP contribution in [0.4, 0.5) is 13.2 Å². The minimum absolute atomic E-state index is 0.0924. The van der Waals surface area contributed by atoms with E-state index in [1.165, 1.54) is 0 Å². The Kier molecular flexibility index (Phi) is 6.41. The van der Waals surface area contributed by atoms with E-state index < -0.39 is 24.7 Å². The number of amides is 1. The molecular weight excluding hydrogens is 315 g/mol. The summed E-state index contributed by atoms with van der Waals surface area (Å²) in [7, 11) is 0. The molecule has 0 aliphatic carbocycles. The van der Waals surface area contributed by atoms with Crippen molar-refractivity contribution in [3.63, 3.8) is 0 Å². The molecule has 8 heteroatoms. The molecule has 128 valence electrons. The van der Waals surface area contributed by atoms with Gasteiger partial charge in [0.25, 0.3) is 0 Å². The molecule has 0 aromatic heterocycles. The summed E-state index contributed by atoms with van der Waals surface area (Å²) < 4.78 is 41.5. The van der Waals surface area contributed by atoms with E-state index in [0.717, 1.165) is 5.56 Å². The molecule has 0 radical (unpaired) electrons. The van der Waals surface area contributed by atoms with Gasteiger partial charge in [0.1, 0.15) is 5.75 Å². The fourth-order valence-electron chi connectivity index (χ4n) is 1.82. The van der Waals surface area contributed by atoms with Gasteiger partial charge in [0.05, 0.1) is 0 Å². The third-order valence-corrected chi connectivity index (χ3v) is 3.05. The number of ether oxygens (including phenoxy) is 1. The van der Waals surface area contributed by atoms with E-state index in [-0.39, 0.29) is 18.9 Å². The first-order valence-corrected chi connectivity index (χ1v) is 6.93. The van der Waals surface area contributed by atoms with Crippen LogP contribution in [-0.4, -0.2) is 36.3 Å². The van der Waals surface area contributed by atoms with Crippen molar-refractivity contribution >= 4 is 11.9 Å². The lowest BCUT2D eigenvalue weighted by molar-refractivity contribution is -0.173. The minimum atomic E-state index is -4.93. The maximum absolute atomic E-state index is 12.1. The van der Waals surface area contributed by atoms with Crippen LogP contribution in [0.25, 0.3) is 0 Å². The van der Waals surface area contributed by atoms with Crippen molar-refractivity contribution in [2.24, 2.45) is 0 Å². The number of carboxylic acid groups (broad SMARTS) is 1. The Morgan fingerprint density at radius 3 is 2.48 bits per heavy atom. The van der Waals surface area contributed by atoms with Gasteiger partial charge in [-0.3, -0.25) is 4.79 Å². The number of benzene rings is 1. The maximum atomic E-state index is 12.1. The van der Waals surface area contributed by atoms with Gasteiger partial charge in [0.15, 0.2) is 6.61 Å². The highest BCUT2D eigenvalue weighted by Crippen LogP contribution is 2.25. The number of halogens is 3. The Bertz CT molecular complexity index is 570. The van der Waals surface area contributed by atoms with Gasteiger partial charge in [-0.25, -0.2) is 4.79 Å². The highest BCUT2D eigenvalue weighted by Gasteiger charge is 2.38. The maximum Gasteiger partial charge on any atom is 0.471 e. The van der Waals surface area contributed by atoms with Gasteiger partial charge in [0, 0.05) is 6.54 Å². The Labute approximate surface area is 131 Å². The van der Waals surface area contributed by atoms with Crippen molar-refractivity contribution in [2.75, 3.05) is 13.2 Å². The van der Waals surface area contributed by atoms with Crippen LogP contribution >= 0.6 is 0 Å². The van der Waals surface area contributed by atoms with E-state index in [9.17, 15) is 22.8 Å². The predicted octanol–water partition coefficient (Wildman–Crippen LogP) is 2.49. The average molecular weight is 333 g/mol. The van der Waals surface area contributed by atoms with E-state index in [2.05, 4.69) is 0 Å². The van der Waals surface area contributed by atoms with Crippen molar-refractivity contribution in [3.8, 4) is 5.75 Å². The molecule has 0 saturated carbocycles. The van der Waals surface area contributed by atoms with Crippen molar-refractivity contribution in [3.05, 3.63) is 29.3 Å². The second-order valence-corrected chi connectivity index (χ2v) is 5.21. The molecule has 0 saturated heterocycles. The lowest BCUT2D eigenvalue weighted by atomic mass is 10.00. The van der Waals surface area contributed by atoms with Crippen LogP contribution in [0.2, 0.25) is 0 Å². The largest absolute Gasteiger partial charge is 0.482 e. The van der Waals surface area contributed by atoms with Crippen molar-refractivity contribution in [1.29, 1.82) is 0 Å². The summed E-state index contributed by atoms with van der Waals surface area (Å²) in [6.45, 7) is 3.10. The van der Waals surface area contributed by atoms with Gasteiger partial charge in [-0.1, -0.05) is 26.0 Å². The number of nitrogens with one attached hydrogen (secondary N) is 1. The Morgan fingerprint density at radius 2 is 1.96 bits per heavy atom. The van der Waals surface area contributed by atoms with E-state index in [0.29, 0.717) is 11.3 Å². The fraction of sp³-hybridized carbons (Fsp3) is 0.467. The number of carbonyl (C=O) groups excluding carboxylic acids is 1. The zero-order chi connectivity index (χ0) is 17.6. The molecule has 1 amide bonds. The zero-order valence-corrected chi connectivity index (χ0v) is 12.7. The van der Waals surface area contributed by atoms with E-state index in [4.69, 9.17) is 9.84 Å². The third-order valence-electron chi connectivity index (χ3n) is 3.05. The first-order chi connectivity index (χ1) is 10.6. The lowest BCUT2D eigenvalue weighted by Gasteiger charge is -2.14. The van der Waals surface area contributed by atoms with Crippen LogP contribution in [0.3, 0.4) is 0 Å². The fourth-order valence-corrected chi connectivity index (χ4v) is 1.82. The zero-order valence-electron chi connectivity index (χ0n) is 12.7. The van der Waals surface area contributed by atoms with Gasteiger partial charge in [-0.15, -0.1) is 0 Å². The number of hydrogen-bond donors (Lipinski definition) is 2.